The fourth-order valence-electron chi connectivity index (χ4n) is 0.984. The smallest absolute Gasteiger partial charge is 0.164 e. The van der Waals surface area contributed by atoms with Crippen LogP contribution in [-0.2, 0) is 4.79 Å². The molecule has 2 N–H and O–H groups in total. The van der Waals surface area contributed by atoms with Gasteiger partial charge in [0, 0.05) is 12.0 Å². The maximum absolute atomic E-state index is 11.0. The van der Waals surface area contributed by atoms with E-state index in [0.717, 1.165) is 0 Å². The Bertz CT molecular complexity index is 367. The first-order valence-electron chi connectivity index (χ1n) is 4.37. The van der Waals surface area contributed by atoms with Crippen molar-refractivity contribution in [1.82, 2.24) is 0 Å². The number of phenolic OH excluding ortho intramolecular Hbond substituents is 2. The standard InChI is InChI=1S/C11H12O3/c1-2-9(12)7-6-8-4-3-5-10(13)11(8)14/h3-7,13-14H,2H2,1H3/b7-6+. The largest absolute Gasteiger partial charge is 0.504 e. The number of benzene rings is 1. The zero-order valence-corrected chi connectivity index (χ0v) is 7.90. The molecule has 74 valence electrons. The summed E-state index contributed by atoms with van der Waals surface area (Å²) in [5.74, 6) is -0.406. The quantitative estimate of drug-likeness (QED) is 0.569. The Hall–Kier alpha value is -1.77. The number of allylic oxidation sites excluding steroid dienone is 1. The molecule has 0 aliphatic rings. The number of phenols is 2. The van der Waals surface area contributed by atoms with Crippen LogP contribution in [0.25, 0.3) is 6.08 Å². The Balaban J connectivity index is 2.92. The van der Waals surface area contributed by atoms with E-state index in [-0.39, 0.29) is 17.3 Å². The molecule has 0 fully saturated rings. The average molecular weight is 192 g/mol. The average Bonchev–Trinajstić information content (AvgIpc) is 2.20. The Morgan fingerprint density at radius 2 is 2.14 bits per heavy atom. The molecule has 0 atom stereocenters. The second kappa shape index (κ2) is 4.46. The van der Waals surface area contributed by atoms with E-state index < -0.39 is 0 Å². The van der Waals surface area contributed by atoms with E-state index in [4.69, 9.17) is 5.11 Å². The van der Waals surface area contributed by atoms with Gasteiger partial charge in [-0.2, -0.15) is 0 Å². The molecule has 1 aromatic rings. The van der Waals surface area contributed by atoms with Crippen molar-refractivity contribution < 1.29 is 15.0 Å². The van der Waals surface area contributed by atoms with Gasteiger partial charge in [0.25, 0.3) is 0 Å². The van der Waals surface area contributed by atoms with Gasteiger partial charge in [0.2, 0.25) is 0 Å². The maximum atomic E-state index is 11.0. The molecular formula is C11H12O3. The lowest BCUT2D eigenvalue weighted by atomic mass is 10.1. The van der Waals surface area contributed by atoms with Crippen molar-refractivity contribution in [2.24, 2.45) is 0 Å². The molecule has 1 aromatic carbocycles. The fraction of sp³-hybridized carbons (Fsp3) is 0.182. The van der Waals surface area contributed by atoms with Crippen molar-refractivity contribution in [3.8, 4) is 11.5 Å². The molecule has 14 heavy (non-hydrogen) atoms. The Kier molecular flexibility index (Phi) is 3.29. The highest BCUT2D eigenvalue weighted by Crippen LogP contribution is 2.28. The number of carbonyl (C=O) groups excluding carboxylic acids is 1. The predicted molar refractivity (Wildman–Crippen MR) is 54.1 cm³/mol. The van der Waals surface area contributed by atoms with Crippen LogP contribution >= 0.6 is 0 Å². The number of hydrogen-bond acceptors (Lipinski definition) is 3. The molecule has 0 spiro atoms. The first-order valence-corrected chi connectivity index (χ1v) is 4.37. The topological polar surface area (TPSA) is 57.5 Å². The molecule has 3 nitrogen and oxygen atoms in total. The summed E-state index contributed by atoms with van der Waals surface area (Å²) in [4.78, 5) is 11.0. The van der Waals surface area contributed by atoms with E-state index in [1.54, 1.807) is 19.1 Å². The Morgan fingerprint density at radius 3 is 2.79 bits per heavy atom. The molecule has 0 bridgehead atoms. The lowest BCUT2D eigenvalue weighted by Crippen LogP contribution is -1.86. The molecule has 0 saturated carbocycles. The lowest BCUT2D eigenvalue weighted by molar-refractivity contribution is -0.114. The molecule has 1 rings (SSSR count). The van der Waals surface area contributed by atoms with Gasteiger partial charge in [-0.05, 0) is 18.2 Å². The number of aromatic hydroxyl groups is 2. The van der Waals surface area contributed by atoms with Gasteiger partial charge in [-0.3, -0.25) is 4.79 Å². The van der Waals surface area contributed by atoms with E-state index in [2.05, 4.69) is 0 Å². The molecule has 0 heterocycles. The van der Waals surface area contributed by atoms with Gasteiger partial charge in [0.15, 0.2) is 17.3 Å². The first kappa shape index (κ1) is 10.3. The summed E-state index contributed by atoms with van der Waals surface area (Å²) in [6, 6.07) is 4.61. The summed E-state index contributed by atoms with van der Waals surface area (Å²) in [6.45, 7) is 1.76. The van der Waals surface area contributed by atoms with Crippen LogP contribution < -0.4 is 0 Å². The monoisotopic (exact) mass is 192 g/mol. The Morgan fingerprint density at radius 1 is 1.43 bits per heavy atom. The maximum Gasteiger partial charge on any atom is 0.164 e. The van der Waals surface area contributed by atoms with Crippen LogP contribution in [0, 0.1) is 0 Å². The van der Waals surface area contributed by atoms with Crippen LogP contribution in [0.5, 0.6) is 11.5 Å². The number of rotatable bonds is 3. The molecule has 0 amide bonds. The highest BCUT2D eigenvalue weighted by atomic mass is 16.3. The summed E-state index contributed by atoms with van der Waals surface area (Å²) in [7, 11) is 0. The highest BCUT2D eigenvalue weighted by Gasteiger charge is 2.02. The number of hydrogen-bond donors (Lipinski definition) is 2. The molecule has 3 heteroatoms. The minimum atomic E-state index is -0.201. The third kappa shape index (κ3) is 2.36. The van der Waals surface area contributed by atoms with Gasteiger partial charge in [-0.15, -0.1) is 0 Å². The van der Waals surface area contributed by atoms with Crippen LogP contribution in [0.3, 0.4) is 0 Å². The highest BCUT2D eigenvalue weighted by molar-refractivity contribution is 5.93. The SMILES string of the molecule is CCC(=O)/C=C/c1cccc(O)c1O. The summed E-state index contributed by atoms with van der Waals surface area (Å²) >= 11 is 0. The number of ketones is 1. The Labute approximate surface area is 82.3 Å². The molecular weight excluding hydrogens is 180 g/mol. The second-order valence-electron chi connectivity index (χ2n) is 2.87. The molecule has 0 radical (unpaired) electrons. The molecule has 0 unspecified atom stereocenters. The van der Waals surface area contributed by atoms with Gasteiger partial charge in [0.05, 0.1) is 0 Å². The number of carbonyl (C=O) groups is 1. The predicted octanol–water partition coefficient (Wildman–Crippen LogP) is 2.09. The summed E-state index contributed by atoms with van der Waals surface area (Å²) in [5.41, 5.74) is 0.437. The third-order valence-electron chi connectivity index (χ3n) is 1.84. The van der Waals surface area contributed by atoms with E-state index in [1.165, 1.54) is 18.2 Å². The zero-order valence-electron chi connectivity index (χ0n) is 7.90. The van der Waals surface area contributed by atoms with E-state index >= 15 is 0 Å². The van der Waals surface area contributed by atoms with E-state index in [1.807, 2.05) is 0 Å². The van der Waals surface area contributed by atoms with Crippen LogP contribution in [0.1, 0.15) is 18.9 Å². The van der Waals surface area contributed by atoms with Crippen LogP contribution in [-0.4, -0.2) is 16.0 Å². The minimum absolute atomic E-state index is 0.0206. The molecule has 0 saturated heterocycles. The van der Waals surface area contributed by atoms with Crippen molar-refractivity contribution in [3.05, 3.63) is 29.8 Å². The first-order chi connectivity index (χ1) is 6.65. The molecule has 0 aliphatic heterocycles. The van der Waals surface area contributed by atoms with Gasteiger partial charge in [-0.1, -0.05) is 19.1 Å². The van der Waals surface area contributed by atoms with E-state index in [9.17, 15) is 9.90 Å². The minimum Gasteiger partial charge on any atom is -0.504 e. The van der Waals surface area contributed by atoms with Crippen molar-refractivity contribution in [1.29, 1.82) is 0 Å². The van der Waals surface area contributed by atoms with Crippen molar-refractivity contribution in [2.45, 2.75) is 13.3 Å². The van der Waals surface area contributed by atoms with E-state index in [0.29, 0.717) is 12.0 Å². The fourth-order valence-corrected chi connectivity index (χ4v) is 0.984. The summed E-state index contributed by atoms with van der Waals surface area (Å²) in [6.07, 6.45) is 3.30. The van der Waals surface area contributed by atoms with Gasteiger partial charge in [0.1, 0.15) is 0 Å². The van der Waals surface area contributed by atoms with Gasteiger partial charge >= 0.3 is 0 Å². The third-order valence-corrected chi connectivity index (χ3v) is 1.84. The second-order valence-corrected chi connectivity index (χ2v) is 2.87. The summed E-state index contributed by atoms with van der Waals surface area (Å²) in [5, 5.41) is 18.5. The van der Waals surface area contributed by atoms with Crippen LogP contribution in [0.4, 0.5) is 0 Å². The van der Waals surface area contributed by atoms with Crippen LogP contribution in [0.15, 0.2) is 24.3 Å². The zero-order chi connectivity index (χ0) is 10.6. The van der Waals surface area contributed by atoms with Gasteiger partial charge < -0.3 is 10.2 Å². The number of para-hydroxylation sites is 1. The lowest BCUT2D eigenvalue weighted by Gasteiger charge is -2.00. The van der Waals surface area contributed by atoms with Gasteiger partial charge in [-0.25, -0.2) is 0 Å². The molecule has 0 aromatic heterocycles. The van der Waals surface area contributed by atoms with Crippen LogP contribution in [0.2, 0.25) is 0 Å². The van der Waals surface area contributed by atoms with Crippen molar-refractivity contribution in [2.75, 3.05) is 0 Å². The summed E-state index contributed by atoms with van der Waals surface area (Å²) < 4.78 is 0. The van der Waals surface area contributed by atoms with Crippen molar-refractivity contribution >= 4 is 11.9 Å². The molecule has 0 aliphatic carbocycles. The van der Waals surface area contributed by atoms with Crippen molar-refractivity contribution in [3.63, 3.8) is 0 Å². The normalized spacial score (nSPS) is 10.6.